The first-order chi connectivity index (χ1) is 10.7. The second kappa shape index (κ2) is 5.85. The maximum atomic E-state index is 11.6. The standard InChI is InChI=1S/C18H16N2O2/c1-12(21)20-16(13-6-3-2-4-7-13)15-10-9-14-8-5-11-19-17(14)18(15)22/h2-11,16,22H,1H3,(H,20,21)/t16-/m1/s1. The van der Waals surface area contributed by atoms with Gasteiger partial charge in [-0.3, -0.25) is 9.78 Å². The molecule has 0 unspecified atom stereocenters. The van der Waals surface area contributed by atoms with E-state index < -0.39 is 6.04 Å². The van der Waals surface area contributed by atoms with Gasteiger partial charge in [0.15, 0.2) is 0 Å². The van der Waals surface area contributed by atoms with Crippen molar-refractivity contribution in [1.29, 1.82) is 0 Å². The summed E-state index contributed by atoms with van der Waals surface area (Å²) in [5, 5.41) is 14.3. The highest BCUT2D eigenvalue weighted by Gasteiger charge is 2.20. The molecule has 0 saturated carbocycles. The summed E-state index contributed by atoms with van der Waals surface area (Å²) in [5.74, 6) is -0.0601. The van der Waals surface area contributed by atoms with Crippen LogP contribution in [0.3, 0.4) is 0 Å². The van der Waals surface area contributed by atoms with Crippen molar-refractivity contribution in [2.75, 3.05) is 0 Å². The number of aromatic hydroxyl groups is 1. The average Bonchev–Trinajstić information content (AvgIpc) is 2.54. The molecule has 0 saturated heterocycles. The number of pyridine rings is 1. The lowest BCUT2D eigenvalue weighted by Gasteiger charge is -2.20. The summed E-state index contributed by atoms with van der Waals surface area (Å²) in [7, 11) is 0. The predicted octanol–water partition coefficient (Wildman–Crippen LogP) is 3.17. The number of rotatable bonds is 3. The molecular formula is C18H16N2O2. The van der Waals surface area contributed by atoms with Gasteiger partial charge in [-0.15, -0.1) is 0 Å². The Bertz CT molecular complexity index is 816. The normalized spacial score (nSPS) is 12.0. The monoisotopic (exact) mass is 292 g/mol. The zero-order valence-electron chi connectivity index (χ0n) is 12.2. The first-order valence-electron chi connectivity index (χ1n) is 7.05. The van der Waals surface area contributed by atoms with Crippen LogP contribution in [0.25, 0.3) is 10.9 Å². The molecule has 0 fully saturated rings. The lowest BCUT2D eigenvalue weighted by Crippen LogP contribution is -2.27. The topological polar surface area (TPSA) is 62.2 Å². The maximum absolute atomic E-state index is 11.6. The molecule has 1 aromatic heterocycles. The van der Waals surface area contributed by atoms with E-state index in [0.29, 0.717) is 11.1 Å². The zero-order valence-corrected chi connectivity index (χ0v) is 12.2. The molecule has 110 valence electrons. The fourth-order valence-electron chi connectivity index (χ4n) is 2.57. The van der Waals surface area contributed by atoms with E-state index in [4.69, 9.17) is 0 Å². The van der Waals surface area contributed by atoms with Crippen LogP contribution >= 0.6 is 0 Å². The number of phenols is 1. The number of hydrogen-bond acceptors (Lipinski definition) is 3. The predicted molar refractivity (Wildman–Crippen MR) is 85.5 cm³/mol. The van der Waals surface area contributed by atoms with Gasteiger partial charge in [-0.25, -0.2) is 0 Å². The quantitative estimate of drug-likeness (QED) is 0.779. The summed E-state index contributed by atoms with van der Waals surface area (Å²) in [6, 6.07) is 16.6. The van der Waals surface area contributed by atoms with Crippen LogP contribution in [0.5, 0.6) is 5.75 Å². The van der Waals surface area contributed by atoms with E-state index in [1.54, 1.807) is 6.20 Å². The molecule has 0 aliphatic carbocycles. The lowest BCUT2D eigenvalue weighted by molar-refractivity contribution is -0.119. The molecule has 22 heavy (non-hydrogen) atoms. The number of nitrogens with zero attached hydrogens (tertiary/aromatic N) is 1. The van der Waals surface area contributed by atoms with Crippen LogP contribution in [-0.2, 0) is 4.79 Å². The van der Waals surface area contributed by atoms with Gasteiger partial charge in [0.2, 0.25) is 5.91 Å². The molecule has 2 aromatic carbocycles. The van der Waals surface area contributed by atoms with Crippen LogP contribution < -0.4 is 5.32 Å². The highest BCUT2D eigenvalue weighted by molar-refractivity contribution is 5.86. The molecule has 1 atom stereocenters. The third-order valence-corrected chi connectivity index (χ3v) is 3.57. The SMILES string of the molecule is CC(=O)N[C@H](c1ccccc1)c1ccc2cccnc2c1O. The number of aromatic nitrogens is 1. The maximum Gasteiger partial charge on any atom is 0.217 e. The minimum Gasteiger partial charge on any atom is -0.505 e. The van der Waals surface area contributed by atoms with Gasteiger partial charge in [-0.1, -0.05) is 48.5 Å². The minimum absolute atomic E-state index is 0.0979. The smallest absolute Gasteiger partial charge is 0.217 e. The number of amides is 1. The van der Waals surface area contributed by atoms with Crippen molar-refractivity contribution < 1.29 is 9.90 Å². The van der Waals surface area contributed by atoms with Crippen LogP contribution in [-0.4, -0.2) is 16.0 Å². The van der Waals surface area contributed by atoms with E-state index in [2.05, 4.69) is 10.3 Å². The van der Waals surface area contributed by atoms with Crippen LogP contribution in [0, 0.1) is 0 Å². The Morgan fingerprint density at radius 3 is 2.59 bits per heavy atom. The molecule has 0 bridgehead atoms. The van der Waals surface area contributed by atoms with Crippen molar-refractivity contribution >= 4 is 16.8 Å². The van der Waals surface area contributed by atoms with Crippen LogP contribution in [0.1, 0.15) is 24.1 Å². The van der Waals surface area contributed by atoms with Gasteiger partial charge in [0.25, 0.3) is 0 Å². The van der Waals surface area contributed by atoms with E-state index in [9.17, 15) is 9.90 Å². The molecule has 1 amide bonds. The Hall–Kier alpha value is -2.88. The Labute approximate surface area is 128 Å². The summed E-state index contributed by atoms with van der Waals surface area (Å²) in [6.07, 6.45) is 1.64. The third-order valence-electron chi connectivity index (χ3n) is 3.57. The molecule has 0 spiro atoms. The lowest BCUT2D eigenvalue weighted by atomic mass is 9.96. The molecule has 3 rings (SSSR count). The van der Waals surface area contributed by atoms with Crippen molar-refractivity contribution in [2.24, 2.45) is 0 Å². The number of phenolic OH excluding ortho intramolecular Hbond substituents is 1. The second-order valence-corrected chi connectivity index (χ2v) is 5.12. The Morgan fingerprint density at radius 1 is 1.09 bits per heavy atom. The highest BCUT2D eigenvalue weighted by atomic mass is 16.3. The number of nitrogens with one attached hydrogen (secondary N) is 1. The van der Waals surface area contributed by atoms with Crippen molar-refractivity contribution in [2.45, 2.75) is 13.0 Å². The Balaban J connectivity index is 2.16. The molecule has 4 heteroatoms. The molecule has 0 radical (unpaired) electrons. The van der Waals surface area contributed by atoms with E-state index >= 15 is 0 Å². The van der Waals surface area contributed by atoms with Gasteiger partial charge in [-0.05, 0) is 11.6 Å². The molecule has 0 aliphatic heterocycles. The van der Waals surface area contributed by atoms with Gasteiger partial charge < -0.3 is 10.4 Å². The first-order valence-corrected chi connectivity index (χ1v) is 7.05. The Kier molecular flexibility index (Phi) is 3.74. The fourth-order valence-corrected chi connectivity index (χ4v) is 2.57. The van der Waals surface area contributed by atoms with Crippen molar-refractivity contribution in [1.82, 2.24) is 10.3 Å². The van der Waals surface area contributed by atoms with E-state index in [1.807, 2.05) is 54.6 Å². The average molecular weight is 292 g/mol. The Morgan fingerprint density at radius 2 is 1.86 bits per heavy atom. The van der Waals surface area contributed by atoms with Crippen LogP contribution in [0.15, 0.2) is 60.8 Å². The number of benzene rings is 2. The van der Waals surface area contributed by atoms with Crippen molar-refractivity contribution in [3.8, 4) is 5.75 Å². The summed E-state index contributed by atoms with van der Waals surface area (Å²) < 4.78 is 0. The number of carbonyl (C=O) groups is 1. The van der Waals surface area contributed by atoms with Crippen LogP contribution in [0.2, 0.25) is 0 Å². The molecule has 2 N–H and O–H groups in total. The van der Waals surface area contributed by atoms with Gasteiger partial charge in [0.05, 0.1) is 6.04 Å². The summed E-state index contributed by atoms with van der Waals surface area (Å²) in [4.78, 5) is 15.8. The number of carbonyl (C=O) groups excluding carboxylic acids is 1. The van der Waals surface area contributed by atoms with Crippen molar-refractivity contribution in [3.05, 3.63) is 71.9 Å². The molecule has 4 nitrogen and oxygen atoms in total. The summed E-state index contributed by atoms with van der Waals surface area (Å²) in [5.41, 5.74) is 2.07. The summed E-state index contributed by atoms with van der Waals surface area (Å²) in [6.45, 7) is 1.46. The van der Waals surface area contributed by atoms with Crippen molar-refractivity contribution in [3.63, 3.8) is 0 Å². The first kappa shape index (κ1) is 14.1. The van der Waals surface area contributed by atoms with Crippen LogP contribution in [0.4, 0.5) is 0 Å². The van der Waals surface area contributed by atoms with E-state index in [1.165, 1.54) is 6.92 Å². The molecule has 0 aliphatic rings. The third kappa shape index (κ3) is 2.63. The molecular weight excluding hydrogens is 276 g/mol. The van der Waals surface area contributed by atoms with E-state index in [0.717, 1.165) is 10.9 Å². The number of hydrogen-bond donors (Lipinski definition) is 2. The second-order valence-electron chi connectivity index (χ2n) is 5.12. The van der Waals surface area contributed by atoms with Gasteiger partial charge in [-0.2, -0.15) is 0 Å². The van der Waals surface area contributed by atoms with E-state index in [-0.39, 0.29) is 11.7 Å². The molecule has 1 heterocycles. The largest absolute Gasteiger partial charge is 0.505 e. The summed E-state index contributed by atoms with van der Waals surface area (Å²) >= 11 is 0. The minimum atomic E-state index is -0.412. The zero-order chi connectivity index (χ0) is 15.5. The molecule has 3 aromatic rings. The van der Waals surface area contributed by atoms with Gasteiger partial charge >= 0.3 is 0 Å². The highest BCUT2D eigenvalue weighted by Crippen LogP contribution is 2.34. The number of fused-ring (bicyclic) bond motifs is 1. The van der Waals surface area contributed by atoms with Gasteiger partial charge in [0, 0.05) is 24.1 Å². The van der Waals surface area contributed by atoms with Gasteiger partial charge in [0.1, 0.15) is 11.3 Å². The fraction of sp³-hybridized carbons (Fsp3) is 0.111.